The maximum Gasteiger partial charge on any atom is 0.195 e. The molecule has 0 saturated heterocycles. The number of rotatable bonds is 1. The van der Waals surface area contributed by atoms with Gasteiger partial charge in [-0.2, -0.15) is 0 Å². The second-order valence-electron chi connectivity index (χ2n) is 2.50. The maximum absolute atomic E-state index is 13.0. The summed E-state index contributed by atoms with van der Waals surface area (Å²) in [5.41, 5.74) is -0.427. The largest absolute Gasteiger partial charge is 0.206 e. The van der Waals surface area contributed by atoms with Crippen molar-refractivity contribution in [3.05, 3.63) is 28.8 Å². The predicted molar refractivity (Wildman–Crippen MR) is 45.0 cm³/mol. The molecule has 1 rings (SSSR count). The number of benzene rings is 1. The number of halogens is 4. The normalized spacial score (nSPS) is 10.6. The molecule has 13 heavy (non-hydrogen) atoms. The molecule has 72 valence electrons. The molecular formula is C8H7F4P. The Morgan fingerprint density at radius 2 is 1.46 bits per heavy atom. The van der Waals surface area contributed by atoms with Gasteiger partial charge in [0, 0.05) is 10.9 Å². The summed E-state index contributed by atoms with van der Waals surface area (Å²) in [7, 11) is 1.71. The topological polar surface area (TPSA) is 0 Å². The van der Waals surface area contributed by atoms with E-state index in [-0.39, 0.29) is 6.42 Å². The number of hydrogen-bond donors (Lipinski definition) is 0. The van der Waals surface area contributed by atoms with Crippen LogP contribution in [0.15, 0.2) is 0 Å². The minimum absolute atomic E-state index is 0.0176. The molecule has 1 aromatic carbocycles. The van der Waals surface area contributed by atoms with E-state index in [1.807, 2.05) is 0 Å². The minimum atomic E-state index is -1.62. The summed E-state index contributed by atoms with van der Waals surface area (Å²) < 4.78 is 51.3. The molecule has 0 amide bonds. The van der Waals surface area contributed by atoms with Gasteiger partial charge in [0.15, 0.2) is 17.5 Å². The van der Waals surface area contributed by atoms with Crippen molar-refractivity contribution in [1.82, 2.24) is 0 Å². The first-order chi connectivity index (χ1) is 6.00. The van der Waals surface area contributed by atoms with Gasteiger partial charge in [-0.15, -0.1) is 0 Å². The van der Waals surface area contributed by atoms with Gasteiger partial charge < -0.3 is 0 Å². The van der Waals surface area contributed by atoms with Crippen molar-refractivity contribution in [1.29, 1.82) is 0 Å². The van der Waals surface area contributed by atoms with E-state index in [9.17, 15) is 17.6 Å². The van der Waals surface area contributed by atoms with Crippen molar-refractivity contribution in [2.24, 2.45) is 0 Å². The van der Waals surface area contributed by atoms with Gasteiger partial charge in [0.2, 0.25) is 0 Å². The van der Waals surface area contributed by atoms with E-state index in [1.54, 1.807) is 9.24 Å². The minimum Gasteiger partial charge on any atom is -0.206 e. The smallest absolute Gasteiger partial charge is 0.195 e. The summed E-state index contributed by atoms with van der Waals surface area (Å²) >= 11 is 0. The Bertz CT molecular complexity index is 319. The Morgan fingerprint density at radius 1 is 0.923 bits per heavy atom. The SMILES string of the molecule is CCc1c(F)c(F)c(F)c(P)c1F. The molecule has 0 heterocycles. The molecule has 1 aromatic rings. The lowest BCUT2D eigenvalue weighted by Crippen LogP contribution is -2.14. The fourth-order valence-electron chi connectivity index (χ4n) is 1.01. The molecule has 0 radical (unpaired) electrons. The fraction of sp³-hybridized carbons (Fsp3) is 0.250. The Morgan fingerprint density at radius 3 is 1.92 bits per heavy atom. The van der Waals surface area contributed by atoms with E-state index in [0.29, 0.717) is 0 Å². The molecule has 0 aliphatic carbocycles. The quantitative estimate of drug-likeness (QED) is 0.289. The third kappa shape index (κ3) is 1.55. The van der Waals surface area contributed by atoms with Crippen LogP contribution in [0.3, 0.4) is 0 Å². The lowest BCUT2D eigenvalue weighted by Gasteiger charge is -2.07. The molecular weight excluding hydrogens is 203 g/mol. The third-order valence-corrected chi connectivity index (χ3v) is 2.25. The van der Waals surface area contributed by atoms with E-state index in [0.717, 1.165) is 0 Å². The van der Waals surface area contributed by atoms with Crippen LogP contribution in [0.5, 0.6) is 0 Å². The molecule has 0 spiro atoms. The second kappa shape index (κ2) is 3.62. The Kier molecular flexibility index (Phi) is 2.91. The van der Waals surface area contributed by atoms with Crippen LogP contribution in [0, 0.1) is 23.3 Å². The lowest BCUT2D eigenvalue weighted by atomic mass is 10.1. The van der Waals surface area contributed by atoms with Crippen molar-refractivity contribution >= 4 is 14.5 Å². The van der Waals surface area contributed by atoms with Crippen LogP contribution in [0.25, 0.3) is 0 Å². The maximum atomic E-state index is 13.0. The Labute approximate surface area is 75.2 Å². The van der Waals surface area contributed by atoms with Crippen LogP contribution in [-0.4, -0.2) is 0 Å². The Balaban J connectivity index is 3.56. The Hall–Kier alpha value is -0.630. The van der Waals surface area contributed by atoms with E-state index in [2.05, 4.69) is 0 Å². The van der Waals surface area contributed by atoms with Crippen molar-refractivity contribution in [2.45, 2.75) is 13.3 Å². The molecule has 1 unspecified atom stereocenters. The predicted octanol–water partition coefficient (Wildman–Crippen LogP) is 2.31. The lowest BCUT2D eigenvalue weighted by molar-refractivity contribution is 0.432. The summed E-state index contributed by atoms with van der Waals surface area (Å²) in [6, 6.07) is 0. The summed E-state index contributed by atoms with van der Waals surface area (Å²) in [4.78, 5) is 0. The zero-order valence-electron chi connectivity index (χ0n) is 6.80. The summed E-state index contributed by atoms with van der Waals surface area (Å²) in [5, 5.41) is -0.559. The van der Waals surface area contributed by atoms with Crippen molar-refractivity contribution in [3.63, 3.8) is 0 Å². The van der Waals surface area contributed by atoms with E-state index in [1.165, 1.54) is 6.92 Å². The van der Waals surface area contributed by atoms with Gasteiger partial charge >= 0.3 is 0 Å². The summed E-state index contributed by atoms with van der Waals surface area (Å²) in [5.74, 6) is -5.59. The monoisotopic (exact) mass is 210 g/mol. The molecule has 0 N–H and O–H groups in total. The fourth-order valence-corrected chi connectivity index (χ4v) is 1.31. The van der Waals surface area contributed by atoms with E-state index < -0.39 is 34.1 Å². The van der Waals surface area contributed by atoms with E-state index in [4.69, 9.17) is 0 Å². The average Bonchev–Trinajstić information content (AvgIpc) is 2.13. The molecule has 0 bridgehead atoms. The van der Waals surface area contributed by atoms with Gasteiger partial charge in [-0.1, -0.05) is 16.2 Å². The summed E-state index contributed by atoms with van der Waals surface area (Å²) in [6.45, 7) is 1.46. The van der Waals surface area contributed by atoms with Crippen molar-refractivity contribution in [3.8, 4) is 0 Å². The van der Waals surface area contributed by atoms with Crippen molar-refractivity contribution < 1.29 is 17.6 Å². The second-order valence-corrected chi connectivity index (χ2v) is 3.08. The third-order valence-electron chi connectivity index (χ3n) is 1.74. The molecule has 0 saturated carbocycles. The highest BCUT2D eigenvalue weighted by Crippen LogP contribution is 2.19. The highest BCUT2D eigenvalue weighted by atomic mass is 31.0. The van der Waals surface area contributed by atoms with Gasteiger partial charge in [-0.05, 0) is 6.42 Å². The first-order valence-electron chi connectivity index (χ1n) is 3.61. The standard InChI is InChI=1S/C8H7F4P/c1-2-3-4(9)6(11)7(12)8(13)5(3)10/h2,13H2,1H3. The molecule has 5 heteroatoms. The van der Waals surface area contributed by atoms with Gasteiger partial charge in [0.05, 0.1) is 0 Å². The molecule has 0 aliphatic rings. The molecule has 0 aliphatic heterocycles. The van der Waals surface area contributed by atoms with Gasteiger partial charge in [0.1, 0.15) is 5.82 Å². The highest BCUT2D eigenvalue weighted by Gasteiger charge is 2.21. The molecule has 0 nitrogen and oxygen atoms in total. The van der Waals surface area contributed by atoms with Gasteiger partial charge in [-0.3, -0.25) is 0 Å². The van der Waals surface area contributed by atoms with Crippen LogP contribution < -0.4 is 5.30 Å². The van der Waals surface area contributed by atoms with Crippen LogP contribution in [0.2, 0.25) is 0 Å². The van der Waals surface area contributed by atoms with Crippen LogP contribution in [-0.2, 0) is 6.42 Å². The van der Waals surface area contributed by atoms with Crippen LogP contribution in [0.4, 0.5) is 17.6 Å². The molecule has 1 atom stereocenters. The van der Waals surface area contributed by atoms with E-state index >= 15 is 0 Å². The zero-order valence-corrected chi connectivity index (χ0v) is 7.95. The summed E-state index contributed by atoms with van der Waals surface area (Å²) in [6.07, 6.45) is -0.0176. The van der Waals surface area contributed by atoms with Crippen molar-refractivity contribution in [2.75, 3.05) is 0 Å². The first kappa shape index (κ1) is 10.5. The van der Waals surface area contributed by atoms with Crippen LogP contribution in [0.1, 0.15) is 12.5 Å². The van der Waals surface area contributed by atoms with Gasteiger partial charge in [0.25, 0.3) is 0 Å². The molecule has 0 aromatic heterocycles. The number of hydrogen-bond acceptors (Lipinski definition) is 0. The molecule has 0 fully saturated rings. The zero-order chi connectivity index (χ0) is 10.2. The first-order valence-corrected chi connectivity index (χ1v) is 4.18. The highest BCUT2D eigenvalue weighted by molar-refractivity contribution is 7.27. The van der Waals surface area contributed by atoms with Gasteiger partial charge in [-0.25, -0.2) is 17.6 Å². The van der Waals surface area contributed by atoms with Crippen LogP contribution >= 0.6 is 9.24 Å². The average molecular weight is 210 g/mol.